The summed E-state index contributed by atoms with van der Waals surface area (Å²) in [5, 5.41) is 3.75. The van der Waals surface area contributed by atoms with Crippen molar-refractivity contribution in [2.45, 2.75) is 64.3 Å². The Morgan fingerprint density at radius 2 is 2.00 bits per heavy atom. The van der Waals surface area contributed by atoms with Gasteiger partial charge in [-0.15, -0.1) is 0 Å². The quantitative estimate of drug-likeness (QED) is 0.728. The Bertz CT molecular complexity index is 165. The lowest BCUT2D eigenvalue weighted by Crippen LogP contribution is -2.47. The minimum atomic E-state index is 0.869. The van der Waals surface area contributed by atoms with Crippen molar-refractivity contribution in [3.05, 3.63) is 0 Å². The van der Waals surface area contributed by atoms with Crippen molar-refractivity contribution in [1.82, 2.24) is 5.32 Å². The molecule has 0 amide bonds. The minimum absolute atomic E-state index is 0.869. The van der Waals surface area contributed by atoms with E-state index in [1.165, 1.54) is 57.9 Å². The third kappa shape index (κ3) is 2.31. The fourth-order valence-corrected chi connectivity index (χ4v) is 3.47. The largest absolute Gasteiger partial charge is 0.314 e. The molecule has 1 N–H and O–H groups in total. The lowest BCUT2D eigenvalue weighted by Gasteiger charge is -2.42. The molecule has 0 spiro atoms. The average molecular weight is 195 g/mol. The normalized spacial score (nSPS) is 37.9. The second-order valence-corrected chi connectivity index (χ2v) is 5.20. The van der Waals surface area contributed by atoms with E-state index < -0.39 is 0 Å². The lowest BCUT2D eigenvalue weighted by molar-refractivity contribution is 0.127. The molecule has 0 radical (unpaired) electrons. The number of rotatable bonds is 3. The topological polar surface area (TPSA) is 12.0 Å². The molecule has 1 aliphatic heterocycles. The van der Waals surface area contributed by atoms with E-state index in [0.717, 1.165) is 17.9 Å². The van der Waals surface area contributed by atoms with Crippen LogP contribution in [0.25, 0.3) is 0 Å². The van der Waals surface area contributed by atoms with Crippen LogP contribution in [-0.4, -0.2) is 12.6 Å². The molecule has 3 atom stereocenters. The summed E-state index contributed by atoms with van der Waals surface area (Å²) < 4.78 is 0. The van der Waals surface area contributed by atoms with Crippen molar-refractivity contribution in [3.63, 3.8) is 0 Å². The molecule has 1 saturated carbocycles. The molecule has 1 nitrogen and oxygen atoms in total. The van der Waals surface area contributed by atoms with E-state index in [2.05, 4.69) is 12.2 Å². The van der Waals surface area contributed by atoms with Gasteiger partial charge in [-0.25, -0.2) is 0 Å². The second kappa shape index (κ2) is 5.16. The zero-order valence-corrected chi connectivity index (χ0v) is 9.60. The lowest BCUT2D eigenvalue weighted by atomic mass is 9.70. The van der Waals surface area contributed by atoms with E-state index in [1.54, 1.807) is 0 Å². The summed E-state index contributed by atoms with van der Waals surface area (Å²) in [5.74, 6) is 2.11. The number of hydrogen-bond donors (Lipinski definition) is 1. The molecular weight excluding hydrogens is 170 g/mol. The first-order chi connectivity index (χ1) is 6.92. The number of nitrogens with one attached hydrogen (secondary N) is 1. The highest BCUT2D eigenvalue weighted by molar-refractivity contribution is 4.89. The summed E-state index contributed by atoms with van der Waals surface area (Å²) in [5.41, 5.74) is 0. The van der Waals surface area contributed by atoms with Gasteiger partial charge >= 0.3 is 0 Å². The maximum absolute atomic E-state index is 3.75. The monoisotopic (exact) mass is 195 g/mol. The average Bonchev–Trinajstić information content (AvgIpc) is 2.26. The van der Waals surface area contributed by atoms with E-state index in [9.17, 15) is 0 Å². The summed E-state index contributed by atoms with van der Waals surface area (Å²) >= 11 is 0. The van der Waals surface area contributed by atoms with Gasteiger partial charge in [0.1, 0.15) is 0 Å². The minimum Gasteiger partial charge on any atom is -0.314 e. The first-order valence-corrected chi connectivity index (χ1v) is 6.65. The Morgan fingerprint density at radius 1 is 1.14 bits per heavy atom. The zero-order valence-electron chi connectivity index (χ0n) is 9.60. The molecule has 82 valence electrons. The number of unbranched alkanes of at least 4 members (excludes halogenated alkanes) is 1. The van der Waals surface area contributed by atoms with Crippen LogP contribution in [-0.2, 0) is 0 Å². The number of hydrogen-bond acceptors (Lipinski definition) is 1. The molecule has 0 bridgehead atoms. The standard InChI is InChI=1S/C13H25N/c1-2-3-8-13-12-7-5-4-6-11(12)9-10-14-13/h11-14H,2-10H2,1H3. The number of fused-ring (bicyclic) bond motifs is 1. The Hall–Kier alpha value is -0.0400. The van der Waals surface area contributed by atoms with Crippen LogP contribution in [0.4, 0.5) is 0 Å². The van der Waals surface area contributed by atoms with Crippen molar-refractivity contribution in [2.75, 3.05) is 6.54 Å². The van der Waals surface area contributed by atoms with Crippen LogP contribution in [0.5, 0.6) is 0 Å². The van der Waals surface area contributed by atoms with Gasteiger partial charge in [0.05, 0.1) is 0 Å². The molecule has 0 aromatic heterocycles. The third-order valence-corrected chi connectivity index (χ3v) is 4.28. The van der Waals surface area contributed by atoms with Gasteiger partial charge in [0.2, 0.25) is 0 Å². The number of piperidine rings is 1. The van der Waals surface area contributed by atoms with Gasteiger partial charge < -0.3 is 5.32 Å². The highest BCUT2D eigenvalue weighted by Gasteiger charge is 2.33. The van der Waals surface area contributed by atoms with Crippen LogP contribution in [0, 0.1) is 11.8 Å². The summed E-state index contributed by atoms with van der Waals surface area (Å²) in [6, 6.07) is 0.869. The van der Waals surface area contributed by atoms with Gasteiger partial charge in [0, 0.05) is 6.04 Å². The molecule has 0 aromatic carbocycles. The molecule has 2 rings (SSSR count). The molecule has 2 fully saturated rings. The molecule has 1 heterocycles. The van der Waals surface area contributed by atoms with E-state index in [0.29, 0.717) is 0 Å². The van der Waals surface area contributed by atoms with Gasteiger partial charge in [-0.2, -0.15) is 0 Å². The van der Waals surface area contributed by atoms with Gasteiger partial charge in [-0.1, -0.05) is 39.0 Å². The van der Waals surface area contributed by atoms with Crippen LogP contribution in [0.15, 0.2) is 0 Å². The summed E-state index contributed by atoms with van der Waals surface area (Å²) in [6.45, 7) is 3.59. The smallest absolute Gasteiger partial charge is 0.00979 e. The van der Waals surface area contributed by atoms with Crippen molar-refractivity contribution in [3.8, 4) is 0 Å². The molecule has 0 aromatic rings. The molecule has 1 saturated heterocycles. The predicted octanol–water partition coefficient (Wildman–Crippen LogP) is 3.34. The Balaban J connectivity index is 1.88. The van der Waals surface area contributed by atoms with Gasteiger partial charge in [0.15, 0.2) is 0 Å². The van der Waals surface area contributed by atoms with Crippen LogP contribution in [0.1, 0.15) is 58.3 Å². The highest BCUT2D eigenvalue weighted by atomic mass is 14.9. The zero-order chi connectivity index (χ0) is 9.80. The van der Waals surface area contributed by atoms with E-state index >= 15 is 0 Å². The van der Waals surface area contributed by atoms with E-state index in [-0.39, 0.29) is 0 Å². The third-order valence-electron chi connectivity index (χ3n) is 4.28. The SMILES string of the molecule is CCCCC1NCCC2CCCCC21. The summed E-state index contributed by atoms with van der Waals surface area (Å²) in [7, 11) is 0. The first-order valence-electron chi connectivity index (χ1n) is 6.65. The Morgan fingerprint density at radius 3 is 2.86 bits per heavy atom. The van der Waals surface area contributed by atoms with Crippen LogP contribution >= 0.6 is 0 Å². The van der Waals surface area contributed by atoms with Crippen molar-refractivity contribution in [2.24, 2.45) is 11.8 Å². The Labute approximate surface area is 88.7 Å². The van der Waals surface area contributed by atoms with Gasteiger partial charge in [-0.3, -0.25) is 0 Å². The maximum Gasteiger partial charge on any atom is 0.00979 e. The second-order valence-electron chi connectivity index (χ2n) is 5.20. The predicted molar refractivity (Wildman–Crippen MR) is 61.4 cm³/mol. The van der Waals surface area contributed by atoms with Gasteiger partial charge in [-0.05, 0) is 37.6 Å². The van der Waals surface area contributed by atoms with Gasteiger partial charge in [0.25, 0.3) is 0 Å². The molecule has 14 heavy (non-hydrogen) atoms. The fraction of sp³-hybridized carbons (Fsp3) is 1.00. The van der Waals surface area contributed by atoms with Crippen LogP contribution in [0.3, 0.4) is 0 Å². The highest BCUT2D eigenvalue weighted by Crippen LogP contribution is 2.37. The first kappa shape index (κ1) is 10.5. The molecule has 1 aliphatic carbocycles. The molecule has 3 unspecified atom stereocenters. The fourth-order valence-electron chi connectivity index (χ4n) is 3.47. The molecule has 1 heteroatoms. The van der Waals surface area contributed by atoms with E-state index in [1.807, 2.05) is 0 Å². The van der Waals surface area contributed by atoms with Crippen LogP contribution < -0.4 is 5.32 Å². The molecular formula is C13H25N. The van der Waals surface area contributed by atoms with Crippen molar-refractivity contribution < 1.29 is 0 Å². The summed E-state index contributed by atoms with van der Waals surface area (Å²) in [6.07, 6.45) is 11.7. The maximum atomic E-state index is 3.75. The summed E-state index contributed by atoms with van der Waals surface area (Å²) in [4.78, 5) is 0. The van der Waals surface area contributed by atoms with Crippen LogP contribution in [0.2, 0.25) is 0 Å². The Kier molecular flexibility index (Phi) is 3.86. The van der Waals surface area contributed by atoms with Crippen molar-refractivity contribution >= 4 is 0 Å². The molecule has 2 aliphatic rings. The van der Waals surface area contributed by atoms with Crippen molar-refractivity contribution in [1.29, 1.82) is 0 Å². The van der Waals surface area contributed by atoms with E-state index in [4.69, 9.17) is 0 Å².